The number of ether oxygens (including phenoxy) is 1. The normalized spacial score (nSPS) is 14.9. The molecule has 1 heterocycles. The van der Waals surface area contributed by atoms with Crippen LogP contribution in [0.3, 0.4) is 0 Å². The summed E-state index contributed by atoms with van der Waals surface area (Å²) in [5.74, 6) is 0.663. The first-order valence-electron chi connectivity index (χ1n) is 8.60. The van der Waals surface area contributed by atoms with Gasteiger partial charge >= 0.3 is 6.03 Å². The predicted octanol–water partition coefficient (Wildman–Crippen LogP) is 2.03. The summed E-state index contributed by atoms with van der Waals surface area (Å²) in [7, 11) is 0. The van der Waals surface area contributed by atoms with Crippen LogP contribution in [-0.4, -0.2) is 61.1 Å². The van der Waals surface area contributed by atoms with E-state index in [1.807, 2.05) is 38.1 Å². The van der Waals surface area contributed by atoms with Crippen LogP contribution in [0.2, 0.25) is 0 Å². The topological polar surface area (TPSA) is 61.9 Å². The number of hydrogen-bond donors (Lipinski definition) is 1. The van der Waals surface area contributed by atoms with E-state index in [2.05, 4.69) is 5.32 Å². The van der Waals surface area contributed by atoms with E-state index >= 15 is 0 Å². The van der Waals surface area contributed by atoms with Crippen LogP contribution in [0.15, 0.2) is 24.3 Å². The Kier molecular flexibility index (Phi) is 6.90. The molecular weight excluding hydrogens is 306 g/mol. The fourth-order valence-electron chi connectivity index (χ4n) is 2.58. The molecular formula is C18H27N3O3. The van der Waals surface area contributed by atoms with Crippen molar-refractivity contribution in [3.8, 4) is 5.75 Å². The van der Waals surface area contributed by atoms with Gasteiger partial charge in [0.25, 0.3) is 5.91 Å². The molecule has 1 saturated heterocycles. The van der Waals surface area contributed by atoms with Crippen LogP contribution in [0.25, 0.3) is 0 Å². The molecule has 2 rings (SSSR count). The highest BCUT2D eigenvalue weighted by molar-refractivity contribution is 5.78. The van der Waals surface area contributed by atoms with Crippen LogP contribution in [0.5, 0.6) is 5.75 Å². The van der Waals surface area contributed by atoms with Crippen molar-refractivity contribution in [1.82, 2.24) is 15.1 Å². The van der Waals surface area contributed by atoms with Gasteiger partial charge in [-0.25, -0.2) is 4.79 Å². The second-order valence-corrected chi connectivity index (χ2v) is 6.06. The van der Waals surface area contributed by atoms with Crippen molar-refractivity contribution in [2.75, 3.05) is 39.3 Å². The van der Waals surface area contributed by atoms with Gasteiger partial charge in [-0.1, -0.05) is 24.6 Å². The maximum absolute atomic E-state index is 12.3. The highest BCUT2D eigenvalue weighted by Gasteiger charge is 2.21. The molecule has 0 saturated carbocycles. The lowest BCUT2D eigenvalue weighted by atomic mass is 10.2. The van der Waals surface area contributed by atoms with Gasteiger partial charge < -0.3 is 19.9 Å². The van der Waals surface area contributed by atoms with Crippen LogP contribution in [0.1, 0.15) is 25.3 Å². The first-order chi connectivity index (χ1) is 11.6. The number of carbonyl (C=O) groups is 2. The number of nitrogens with one attached hydrogen (secondary N) is 1. The lowest BCUT2D eigenvalue weighted by Gasteiger charge is -2.22. The molecule has 1 fully saturated rings. The standard InChI is InChI=1S/C18H27N3O3/c1-3-9-19-18(23)21-11-4-10-20(12-13-21)17(22)14-24-16-7-5-15(2)6-8-16/h5-8H,3-4,9-14H2,1-2H3,(H,19,23). The Hall–Kier alpha value is -2.24. The number of carbonyl (C=O) groups excluding carboxylic acids is 2. The van der Waals surface area contributed by atoms with Crippen molar-refractivity contribution in [3.05, 3.63) is 29.8 Å². The average molecular weight is 333 g/mol. The molecule has 6 heteroatoms. The second-order valence-electron chi connectivity index (χ2n) is 6.06. The van der Waals surface area contributed by atoms with Crippen LogP contribution < -0.4 is 10.1 Å². The van der Waals surface area contributed by atoms with Gasteiger partial charge in [0, 0.05) is 32.7 Å². The molecule has 0 atom stereocenters. The van der Waals surface area contributed by atoms with Crippen LogP contribution in [-0.2, 0) is 4.79 Å². The Morgan fingerprint density at radius 1 is 1.08 bits per heavy atom. The molecule has 0 bridgehead atoms. The molecule has 1 aromatic rings. The Morgan fingerprint density at radius 2 is 1.75 bits per heavy atom. The minimum absolute atomic E-state index is 0.0328. The number of nitrogens with zero attached hydrogens (tertiary/aromatic N) is 2. The third-order valence-electron chi connectivity index (χ3n) is 4.05. The summed E-state index contributed by atoms with van der Waals surface area (Å²) in [4.78, 5) is 27.9. The van der Waals surface area contributed by atoms with E-state index in [9.17, 15) is 9.59 Å². The molecule has 3 amide bonds. The summed E-state index contributed by atoms with van der Waals surface area (Å²) in [6.07, 6.45) is 1.70. The van der Waals surface area contributed by atoms with E-state index in [-0.39, 0.29) is 18.5 Å². The number of hydrogen-bond acceptors (Lipinski definition) is 3. The van der Waals surface area contributed by atoms with E-state index in [0.29, 0.717) is 38.5 Å². The average Bonchev–Trinajstić information content (AvgIpc) is 2.85. The van der Waals surface area contributed by atoms with Crippen molar-refractivity contribution < 1.29 is 14.3 Å². The molecule has 0 aliphatic carbocycles. The van der Waals surface area contributed by atoms with E-state index < -0.39 is 0 Å². The van der Waals surface area contributed by atoms with Crippen LogP contribution >= 0.6 is 0 Å². The number of amides is 3. The zero-order valence-corrected chi connectivity index (χ0v) is 14.6. The lowest BCUT2D eigenvalue weighted by Crippen LogP contribution is -2.43. The van der Waals surface area contributed by atoms with Crippen molar-refractivity contribution in [2.24, 2.45) is 0 Å². The van der Waals surface area contributed by atoms with Gasteiger partial charge in [0.2, 0.25) is 0 Å². The van der Waals surface area contributed by atoms with Crippen molar-refractivity contribution >= 4 is 11.9 Å². The zero-order chi connectivity index (χ0) is 17.4. The monoisotopic (exact) mass is 333 g/mol. The van der Waals surface area contributed by atoms with E-state index in [0.717, 1.165) is 18.4 Å². The summed E-state index contributed by atoms with van der Waals surface area (Å²) in [6, 6.07) is 7.61. The molecule has 0 unspecified atom stereocenters. The van der Waals surface area contributed by atoms with E-state index in [1.165, 1.54) is 0 Å². The molecule has 132 valence electrons. The van der Waals surface area contributed by atoms with Gasteiger partial charge in [-0.3, -0.25) is 4.79 Å². The highest BCUT2D eigenvalue weighted by atomic mass is 16.5. The molecule has 6 nitrogen and oxygen atoms in total. The van der Waals surface area contributed by atoms with Crippen molar-refractivity contribution in [1.29, 1.82) is 0 Å². The van der Waals surface area contributed by atoms with Gasteiger partial charge in [-0.2, -0.15) is 0 Å². The maximum Gasteiger partial charge on any atom is 0.317 e. The Labute approximate surface area is 143 Å². The van der Waals surface area contributed by atoms with Gasteiger partial charge in [0.15, 0.2) is 6.61 Å². The molecule has 1 aliphatic heterocycles. The minimum atomic E-state index is -0.0398. The predicted molar refractivity (Wildman–Crippen MR) is 93.1 cm³/mol. The maximum atomic E-state index is 12.3. The van der Waals surface area contributed by atoms with Crippen LogP contribution in [0, 0.1) is 6.92 Å². The summed E-state index contributed by atoms with van der Waals surface area (Å²) < 4.78 is 5.56. The van der Waals surface area contributed by atoms with Gasteiger partial charge in [0.05, 0.1) is 0 Å². The number of benzene rings is 1. The third-order valence-corrected chi connectivity index (χ3v) is 4.05. The van der Waals surface area contributed by atoms with Crippen molar-refractivity contribution in [3.63, 3.8) is 0 Å². The summed E-state index contributed by atoms with van der Waals surface area (Å²) in [5, 5.41) is 2.88. The second kappa shape index (κ2) is 9.15. The van der Waals surface area contributed by atoms with E-state index in [4.69, 9.17) is 4.74 Å². The Balaban J connectivity index is 1.78. The summed E-state index contributed by atoms with van der Waals surface area (Å²) in [6.45, 7) is 7.20. The van der Waals surface area contributed by atoms with Gasteiger partial charge in [-0.15, -0.1) is 0 Å². The van der Waals surface area contributed by atoms with Crippen LogP contribution in [0.4, 0.5) is 4.79 Å². The molecule has 0 radical (unpaired) electrons. The van der Waals surface area contributed by atoms with Crippen molar-refractivity contribution in [2.45, 2.75) is 26.7 Å². The van der Waals surface area contributed by atoms with Gasteiger partial charge in [-0.05, 0) is 31.9 Å². The first kappa shape index (κ1) is 18.1. The molecule has 0 spiro atoms. The number of aryl methyl sites for hydroxylation is 1. The van der Waals surface area contributed by atoms with Gasteiger partial charge in [0.1, 0.15) is 5.75 Å². The summed E-state index contributed by atoms with van der Waals surface area (Å²) in [5.41, 5.74) is 1.16. The fourth-order valence-corrected chi connectivity index (χ4v) is 2.58. The number of rotatable bonds is 5. The van der Waals surface area contributed by atoms with E-state index in [1.54, 1.807) is 9.80 Å². The third kappa shape index (κ3) is 5.44. The highest BCUT2D eigenvalue weighted by Crippen LogP contribution is 2.12. The molecule has 1 aromatic carbocycles. The smallest absolute Gasteiger partial charge is 0.317 e. The molecule has 0 aromatic heterocycles. The zero-order valence-electron chi connectivity index (χ0n) is 14.6. The Bertz CT molecular complexity index is 545. The first-order valence-corrected chi connectivity index (χ1v) is 8.60. The minimum Gasteiger partial charge on any atom is -0.484 e. The number of urea groups is 1. The largest absolute Gasteiger partial charge is 0.484 e. The molecule has 1 N–H and O–H groups in total. The Morgan fingerprint density at radius 3 is 2.46 bits per heavy atom. The summed E-state index contributed by atoms with van der Waals surface area (Å²) >= 11 is 0. The quantitative estimate of drug-likeness (QED) is 0.897. The molecule has 1 aliphatic rings. The fraction of sp³-hybridized carbons (Fsp3) is 0.556. The SMILES string of the molecule is CCCNC(=O)N1CCCN(C(=O)COc2ccc(C)cc2)CC1. The lowest BCUT2D eigenvalue weighted by molar-refractivity contribution is -0.133. The molecule has 24 heavy (non-hydrogen) atoms.